The van der Waals surface area contributed by atoms with Gasteiger partial charge < -0.3 is 40.5 Å². The molecule has 0 atom stereocenters. The number of pyridine rings is 10. The molecule has 0 bridgehead atoms. The van der Waals surface area contributed by atoms with Crippen LogP contribution >= 0.6 is 0 Å². The van der Waals surface area contributed by atoms with Crippen LogP contribution in [-0.2, 0) is 11.3 Å². The normalized spacial score (nSPS) is 11.5. The van der Waals surface area contributed by atoms with Gasteiger partial charge in [-0.25, -0.2) is 24.9 Å². The lowest BCUT2D eigenvalue weighted by atomic mass is 9.95. The molecule has 1 amide bonds. The number of carbonyl (C=O) groups excluding carboxylic acids is 1. The lowest BCUT2D eigenvalue weighted by molar-refractivity contribution is -0.123. The minimum atomic E-state index is -0.483. The molecule has 34 nitrogen and oxygen atoms in total. The highest BCUT2D eigenvalue weighted by molar-refractivity contribution is 6.02. The van der Waals surface area contributed by atoms with Gasteiger partial charge in [0.1, 0.15) is 28.5 Å². The van der Waals surface area contributed by atoms with Crippen LogP contribution in [0.15, 0.2) is 282 Å². The molecular formula is C101H83N33O. The predicted octanol–water partition coefficient (Wildman–Crippen LogP) is 19.3. The van der Waals surface area contributed by atoms with Crippen molar-refractivity contribution < 1.29 is 4.79 Å². The Balaban J connectivity index is 0.000000101. The van der Waals surface area contributed by atoms with Gasteiger partial charge >= 0.3 is 0 Å². The van der Waals surface area contributed by atoms with Crippen LogP contribution in [0, 0.1) is 12.3 Å². The van der Waals surface area contributed by atoms with E-state index in [9.17, 15) is 4.79 Å². The Morgan fingerprint density at radius 2 is 0.667 bits per heavy atom. The highest BCUT2D eigenvalue weighted by atomic mass is 16.2. The number of benzene rings is 5. The van der Waals surface area contributed by atoms with E-state index in [-0.39, 0.29) is 5.91 Å². The molecular weight excluding hydrogens is 1690 g/mol. The molecule has 0 radical (unpaired) electrons. The van der Waals surface area contributed by atoms with Crippen molar-refractivity contribution in [1.29, 1.82) is 0 Å². The molecule has 0 spiro atoms. The molecule has 0 saturated heterocycles. The number of rotatable bonds is 15. The van der Waals surface area contributed by atoms with Gasteiger partial charge in [0.2, 0.25) is 5.91 Å². The zero-order chi connectivity index (χ0) is 91.6. The van der Waals surface area contributed by atoms with E-state index in [4.69, 9.17) is 0 Å². The fourth-order valence-corrected chi connectivity index (χ4v) is 15.8. The zero-order valence-corrected chi connectivity index (χ0v) is 73.8. The van der Waals surface area contributed by atoms with Gasteiger partial charge in [-0.2, -0.15) is 25.5 Å². The quantitative estimate of drug-likeness (QED) is 0.0453. The van der Waals surface area contributed by atoms with Crippen molar-refractivity contribution in [2.24, 2.45) is 5.41 Å². The van der Waals surface area contributed by atoms with E-state index in [0.29, 0.717) is 11.5 Å². The van der Waals surface area contributed by atoms with Crippen molar-refractivity contribution in [2.45, 2.75) is 41.2 Å². The number of hydrogen-bond acceptors (Lipinski definition) is 23. The maximum atomic E-state index is 12.3. The molecule has 20 aromatic heterocycles. The molecule has 0 aliphatic carbocycles. The van der Waals surface area contributed by atoms with E-state index in [1.54, 1.807) is 80.6 Å². The highest BCUT2D eigenvalue weighted by Gasteiger charge is 2.24. The molecule has 34 heteroatoms. The average molecular weight is 1780 g/mol. The van der Waals surface area contributed by atoms with Gasteiger partial charge in [-0.1, -0.05) is 64.1 Å². The summed E-state index contributed by atoms with van der Waals surface area (Å²) in [6, 6.07) is 52.6. The summed E-state index contributed by atoms with van der Waals surface area (Å²) in [5.74, 6) is 3.53. The third kappa shape index (κ3) is 17.3. The summed E-state index contributed by atoms with van der Waals surface area (Å²) in [6.45, 7) is 11.6. The Hall–Kier alpha value is -18.5. The summed E-state index contributed by atoms with van der Waals surface area (Å²) in [4.78, 5) is 96.2. The molecule has 12 N–H and O–H groups in total. The Morgan fingerprint density at radius 3 is 1.04 bits per heavy atom. The van der Waals surface area contributed by atoms with Crippen molar-refractivity contribution in [3.63, 3.8) is 0 Å². The topological polar surface area (TPSA) is 460 Å². The fraction of sp³-hybridized carbons (Fsp3) is 0.0990. The molecule has 658 valence electrons. The Morgan fingerprint density at radius 1 is 0.326 bits per heavy atom. The first kappa shape index (κ1) is 83.4. The van der Waals surface area contributed by atoms with E-state index < -0.39 is 5.41 Å². The lowest BCUT2D eigenvalue weighted by Gasteiger charge is -2.17. The van der Waals surface area contributed by atoms with Crippen LogP contribution in [0.2, 0.25) is 0 Å². The number of nitrogens with zero attached hydrogens (tertiary/aromatic N) is 21. The second kappa shape index (κ2) is 35.9. The number of nitrogens with one attached hydrogen (secondary N) is 12. The van der Waals surface area contributed by atoms with Crippen LogP contribution in [0.25, 0.3) is 223 Å². The third-order valence-corrected chi connectivity index (χ3v) is 23.0. The molecule has 20 heterocycles. The second-order valence-corrected chi connectivity index (χ2v) is 33.3. The van der Waals surface area contributed by atoms with E-state index >= 15 is 0 Å². The first-order valence-corrected chi connectivity index (χ1v) is 43.3. The van der Waals surface area contributed by atoms with Crippen molar-refractivity contribution in [1.82, 2.24) is 156 Å². The average Bonchev–Trinajstić information content (AvgIpc) is 1.63. The molecule has 0 aliphatic heterocycles. The summed E-state index contributed by atoms with van der Waals surface area (Å²) in [5.41, 5.74) is 31.6. The van der Waals surface area contributed by atoms with Crippen molar-refractivity contribution in [3.8, 4) is 113 Å². The van der Waals surface area contributed by atoms with Gasteiger partial charge in [-0.15, -0.1) is 0 Å². The largest absolute Gasteiger partial charge is 0.376 e. The van der Waals surface area contributed by atoms with Crippen LogP contribution in [0.1, 0.15) is 38.8 Å². The molecule has 135 heavy (non-hydrogen) atoms. The fourth-order valence-electron chi connectivity index (χ4n) is 15.8. The number of hydrogen-bond donors (Lipinski definition) is 12. The number of carbonyl (C=O) groups is 1. The van der Waals surface area contributed by atoms with E-state index in [0.717, 1.165) is 241 Å². The molecule has 5 aromatic carbocycles. The Bertz CT molecular complexity index is 8490. The van der Waals surface area contributed by atoms with E-state index in [1.807, 2.05) is 180 Å². The number of anilines is 2. The number of fused-ring (bicyclic) bond motifs is 10. The highest BCUT2D eigenvalue weighted by Crippen LogP contribution is 2.38. The van der Waals surface area contributed by atoms with Crippen LogP contribution in [0.5, 0.6) is 0 Å². The van der Waals surface area contributed by atoms with Crippen LogP contribution in [0.4, 0.5) is 11.4 Å². The van der Waals surface area contributed by atoms with Crippen molar-refractivity contribution in [3.05, 3.63) is 293 Å². The molecule has 25 rings (SSSR count). The smallest absolute Gasteiger partial charge is 0.229 e. The van der Waals surface area contributed by atoms with Gasteiger partial charge in [-0.05, 0) is 174 Å². The summed E-state index contributed by atoms with van der Waals surface area (Å²) < 4.78 is 0. The minimum absolute atomic E-state index is 0.0570. The van der Waals surface area contributed by atoms with Crippen molar-refractivity contribution >= 4 is 127 Å². The number of imidazole rings is 5. The van der Waals surface area contributed by atoms with Gasteiger partial charge in [0.15, 0.2) is 29.1 Å². The van der Waals surface area contributed by atoms with Crippen molar-refractivity contribution in [2.75, 3.05) is 30.9 Å². The Kier molecular flexibility index (Phi) is 22.2. The number of aromatic amines is 10. The number of H-pyrrole nitrogens is 10. The van der Waals surface area contributed by atoms with Gasteiger partial charge in [0.05, 0.1) is 138 Å². The Labute approximate surface area is 766 Å². The lowest BCUT2D eigenvalue weighted by Crippen LogP contribution is -2.27. The summed E-state index contributed by atoms with van der Waals surface area (Å²) in [6.07, 6.45) is 35.8. The first-order valence-electron chi connectivity index (χ1n) is 43.3. The summed E-state index contributed by atoms with van der Waals surface area (Å²) in [5, 5.41) is 49.0. The second-order valence-electron chi connectivity index (χ2n) is 33.3. The molecule has 0 fully saturated rings. The standard InChI is InChI=1S/C23H21N7O.C21H19N7.C20H17N7.C19H14N6.C18H12N6/c1-23(2,3)22(31)26-15-8-14(10-25-11-15)13-4-5-17-16(9-13)20(30-29-17)21-27-18-6-7-24-12-19(18)28-21;1-2-22-9-13-7-15(11-24-10-13)14-3-4-17-16(8-14)20(28-27-17)21-25-18-5-6-23-12-19(18)26-21;1-27(2)14-7-13(9-22-10-14)12-3-4-16-15(8-12)19(26-25-16)20-23-17-5-6-21-11-18(17)24-20;1-11-4-6-20-9-14(11)12-2-3-15-13(8-12)18(25-24-15)19-22-16-5-7-21-10-17(16)23-19;1-2-12(9-19-6-1)11-3-4-14-13(8-11)17(24-23-14)18-21-15-5-7-20-10-16(15)22-18/h4-12H,1-3H3,(H,26,31)(H,27,28)(H,29,30);3-8,10-12,22H,2,9H2,1H3,(H,25,26)(H,27,28);3-11H,1-2H3,(H,23,24)(H,25,26);2-10H,1H3,(H,22,23)(H,24,25);1-10H,(H,21,22)(H,23,24). The van der Waals surface area contributed by atoms with E-state index in [2.05, 4.69) is 236 Å². The predicted molar refractivity (Wildman–Crippen MR) is 526 cm³/mol. The third-order valence-electron chi connectivity index (χ3n) is 23.0. The van der Waals surface area contributed by atoms with Gasteiger partial charge in [0.25, 0.3) is 0 Å². The maximum absolute atomic E-state index is 12.3. The van der Waals surface area contributed by atoms with Crippen LogP contribution < -0.4 is 15.5 Å². The minimum Gasteiger partial charge on any atom is -0.376 e. The monoisotopic (exact) mass is 1770 g/mol. The first-order chi connectivity index (χ1) is 66.1. The summed E-state index contributed by atoms with van der Waals surface area (Å²) >= 11 is 0. The van der Waals surface area contributed by atoms with Crippen LogP contribution in [-0.4, -0.2) is 177 Å². The number of aryl methyl sites for hydroxylation is 1. The summed E-state index contributed by atoms with van der Waals surface area (Å²) in [7, 11) is 4.02. The maximum Gasteiger partial charge on any atom is 0.229 e. The molecule has 25 aromatic rings. The van der Waals surface area contributed by atoms with Gasteiger partial charge in [0, 0.05) is 161 Å². The molecule has 0 unspecified atom stereocenters. The number of amides is 1. The SMILES string of the molecule is CC(C)(C)C(=O)Nc1cncc(-c2ccc3[nH]nc(-c4nc5ccncc5[nH]4)c3c2)c1.CCNCc1cncc(-c2ccc3[nH]nc(-c4nc5ccncc5[nH]4)c3c2)c1.CN(C)c1cncc(-c2ccc3[nH]nc(-c4nc5ccncc5[nH]4)c3c2)c1.Cc1ccncc1-c1ccc2[nH]nc(-c3nc4ccncc4[nH]3)c2c1.c1cncc(-c2ccc3[nH]nc(-c4nc5ccncc5[nH]4)c3c2)c1. The number of aromatic nitrogens is 30. The zero-order valence-electron chi connectivity index (χ0n) is 73.8. The van der Waals surface area contributed by atoms with Crippen LogP contribution in [0.3, 0.4) is 0 Å². The molecule has 0 aliphatic rings. The van der Waals surface area contributed by atoms with Gasteiger partial charge in [-0.3, -0.25) is 80.1 Å². The molecule has 0 saturated carbocycles. The van der Waals surface area contributed by atoms with E-state index in [1.165, 1.54) is 5.56 Å².